The van der Waals surface area contributed by atoms with Gasteiger partial charge in [-0.25, -0.2) is 0 Å². The topological polar surface area (TPSA) is 21.7 Å². The molecule has 3 rings (SSSR count). The van der Waals surface area contributed by atoms with Crippen LogP contribution in [0.4, 0.5) is 0 Å². The van der Waals surface area contributed by atoms with E-state index in [9.17, 15) is 0 Å². The standard InChI is InChI=1S/C16H23NO2/c1-13-3-4-14(15(9-13)18-2)10-17-11-16(12-17)5-7-19-8-6-16/h3-4,9H,5-8,10-12H2,1-2H3. The Bertz CT molecular complexity index is 444. The Hall–Kier alpha value is -1.06. The Morgan fingerprint density at radius 2 is 2.00 bits per heavy atom. The van der Waals surface area contributed by atoms with Crippen LogP contribution in [0.25, 0.3) is 0 Å². The van der Waals surface area contributed by atoms with Crippen LogP contribution in [0.1, 0.15) is 24.0 Å². The summed E-state index contributed by atoms with van der Waals surface area (Å²) in [5.41, 5.74) is 3.11. The lowest BCUT2D eigenvalue weighted by Gasteiger charge is -2.52. The molecule has 2 fully saturated rings. The summed E-state index contributed by atoms with van der Waals surface area (Å²) in [6, 6.07) is 6.49. The van der Waals surface area contributed by atoms with E-state index in [-0.39, 0.29) is 0 Å². The molecule has 0 amide bonds. The molecule has 2 heterocycles. The highest BCUT2D eigenvalue weighted by Gasteiger charge is 2.43. The van der Waals surface area contributed by atoms with E-state index in [0.717, 1.165) is 25.5 Å². The summed E-state index contributed by atoms with van der Waals surface area (Å²) >= 11 is 0. The van der Waals surface area contributed by atoms with Crippen LogP contribution >= 0.6 is 0 Å². The fraction of sp³-hybridized carbons (Fsp3) is 0.625. The first kappa shape index (κ1) is 12.9. The molecule has 104 valence electrons. The van der Waals surface area contributed by atoms with Crippen molar-refractivity contribution in [1.82, 2.24) is 4.90 Å². The highest BCUT2D eigenvalue weighted by Crippen LogP contribution is 2.40. The van der Waals surface area contributed by atoms with E-state index in [1.165, 1.54) is 37.1 Å². The third kappa shape index (κ3) is 2.63. The zero-order chi connectivity index (χ0) is 13.3. The number of nitrogens with zero attached hydrogens (tertiary/aromatic N) is 1. The molecule has 3 nitrogen and oxygen atoms in total. The maximum absolute atomic E-state index is 5.49. The van der Waals surface area contributed by atoms with E-state index in [4.69, 9.17) is 9.47 Å². The highest BCUT2D eigenvalue weighted by molar-refractivity contribution is 5.37. The second-order valence-corrected chi connectivity index (χ2v) is 6.07. The molecule has 1 aromatic carbocycles. The smallest absolute Gasteiger partial charge is 0.123 e. The van der Waals surface area contributed by atoms with E-state index >= 15 is 0 Å². The van der Waals surface area contributed by atoms with Crippen LogP contribution in [-0.2, 0) is 11.3 Å². The van der Waals surface area contributed by atoms with Crippen LogP contribution in [-0.4, -0.2) is 38.3 Å². The maximum atomic E-state index is 5.49. The van der Waals surface area contributed by atoms with Crippen molar-refractivity contribution in [1.29, 1.82) is 0 Å². The van der Waals surface area contributed by atoms with Crippen LogP contribution < -0.4 is 4.74 Å². The van der Waals surface area contributed by atoms with Crippen molar-refractivity contribution >= 4 is 0 Å². The first-order chi connectivity index (χ1) is 9.21. The minimum absolute atomic E-state index is 0.552. The van der Waals surface area contributed by atoms with Gasteiger partial charge in [0.05, 0.1) is 7.11 Å². The molecule has 0 aliphatic carbocycles. The van der Waals surface area contributed by atoms with E-state index in [1.54, 1.807) is 7.11 Å². The molecule has 2 aliphatic rings. The molecule has 0 N–H and O–H groups in total. The minimum atomic E-state index is 0.552. The van der Waals surface area contributed by atoms with Crippen LogP contribution in [0.5, 0.6) is 5.75 Å². The Labute approximate surface area is 115 Å². The number of rotatable bonds is 3. The van der Waals surface area contributed by atoms with Crippen LogP contribution in [0.15, 0.2) is 18.2 Å². The Morgan fingerprint density at radius 3 is 2.68 bits per heavy atom. The van der Waals surface area contributed by atoms with Crippen molar-refractivity contribution in [3.8, 4) is 5.75 Å². The van der Waals surface area contributed by atoms with E-state index in [1.807, 2.05) is 0 Å². The van der Waals surface area contributed by atoms with Gasteiger partial charge in [0, 0.05) is 43.8 Å². The van der Waals surface area contributed by atoms with Gasteiger partial charge in [0.15, 0.2) is 0 Å². The predicted molar refractivity (Wildman–Crippen MR) is 75.5 cm³/mol. The van der Waals surface area contributed by atoms with Crippen LogP contribution in [0.3, 0.4) is 0 Å². The van der Waals surface area contributed by atoms with Crippen LogP contribution in [0, 0.1) is 12.3 Å². The van der Waals surface area contributed by atoms with Crippen LogP contribution in [0.2, 0.25) is 0 Å². The monoisotopic (exact) mass is 261 g/mol. The number of likely N-dealkylation sites (tertiary alicyclic amines) is 1. The molecule has 0 unspecified atom stereocenters. The van der Waals surface area contributed by atoms with Crippen molar-refractivity contribution in [3.05, 3.63) is 29.3 Å². The fourth-order valence-corrected chi connectivity index (χ4v) is 3.36. The van der Waals surface area contributed by atoms with Crippen molar-refractivity contribution in [2.75, 3.05) is 33.4 Å². The summed E-state index contributed by atoms with van der Waals surface area (Å²) < 4.78 is 11.0. The third-order valence-electron chi connectivity index (χ3n) is 4.51. The van der Waals surface area contributed by atoms with Gasteiger partial charge in [0.2, 0.25) is 0 Å². The van der Waals surface area contributed by atoms with Crippen molar-refractivity contribution < 1.29 is 9.47 Å². The molecular formula is C16H23NO2. The van der Waals surface area contributed by atoms with Gasteiger partial charge in [0.1, 0.15) is 5.75 Å². The van der Waals surface area contributed by atoms with E-state index in [2.05, 4.69) is 30.0 Å². The molecule has 19 heavy (non-hydrogen) atoms. The number of hydrogen-bond acceptors (Lipinski definition) is 3. The van der Waals surface area contributed by atoms with Gasteiger partial charge in [-0.1, -0.05) is 12.1 Å². The Morgan fingerprint density at radius 1 is 1.26 bits per heavy atom. The third-order valence-corrected chi connectivity index (χ3v) is 4.51. The zero-order valence-electron chi connectivity index (χ0n) is 11.9. The lowest BCUT2D eigenvalue weighted by Crippen LogP contribution is -2.57. The normalized spacial score (nSPS) is 22.2. The molecule has 1 spiro atoms. The summed E-state index contributed by atoms with van der Waals surface area (Å²) in [6.07, 6.45) is 2.46. The number of hydrogen-bond donors (Lipinski definition) is 0. The molecule has 0 saturated carbocycles. The van der Waals surface area contributed by atoms with Gasteiger partial charge in [-0.05, 0) is 31.4 Å². The fourth-order valence-electron chi connectivity index (χ4n) is 3.36. The van der Waals surface area contributed by atoms with Gasteiger partial charge in [-0.2, -0.15) is 0 Å². The van der Waals surface area contributed by atoms with E-state index in [0.29, 0.717) is 5.41 Å². The van der Waals surface area contributed by atoms with Gasteiger partial charge in [-0.3, -0.25) is 4.90 Å². The molecule has 0 atom stereocenters. The molecule has 0 radical (unpaired) electrons. The van der Waals surface area contributed by atoms with Gasteiger partial charge < -0.3 is 9.47 Å². The quantitative estimate of drug-likeness (QED) is 0.835. The SMILES string of the molecule is COc1cc(C)ccc1CN1CC2(CCOCC2)C1. The number of ether oxygens (including phenoxy) is 2. The molecule has 0 aromatic heterocycles. The lowest BCUT2D eigenvalue weighted by atomic mass is 9.73. The average Bonchev–Trinajstić information content (AvgIpc) is 2.40. The minimum Gasteiger partial charge on any atom is -0.496 e. The molecule has 3 heteroatoms. The van der Waals surface area contributed by atoms with Gasteiger partial charge in [-0.15, -0.1) is 0 Å². The second-order valence-electron chi connectivity index (χ2n) is 6.07. The predicted octanol–water partition coefficient (Wildman–Crippen LogP) is 2.62. The molecule has 2 aliphatic heterocycles. The van der Waals surface area contributed by atoms with Gasteiger partial charge in [0.25, 0.3) is 0 Å². The first-order valence-electron chi connectivity index (χ1n) is 7.14. The lowest BCUT2D eigenvalue weighted by molar-refractivity contribution is -0.0840. The summed E-state index contributed by atoms with van der Waals surface area (Å²) in [4.78, 5) is 2.53. The second kappa shape index (κ2) is 5.14. The summed E-state index contributed by atoms with van der Waals surface area (Å²) in [6.45, 7) is 7.43. The van der Waals surface area contributed by atoms with Gasteiger partial charge >= 0.3 is 0 Å². The molecule has 2 saturated heterocycles. The number of methoxy groups -OCH3 is 1. The summed E-state index contributed by atoms with van der Waals surface area (Å²) in [7, 11) is 1.76. The number of aryl methyl sites for hydroxylation is 1. The Balaban J connectivity index is 1.61. The highest BCUT2D eigenvalue weighted by atomic mass is 16.5. The Kier molecular flexibility index (Phi) is 3.50. The maximum Gasteiger partial charge on any atom is 0.123 e. The van der Waals surface area contributed by atoms with E-state index < -0.39 is 0 Å². The number of benzene rings is 1. The van der Waals surface area contributed by atoms with Crippen molar-refractivity contribution in [2.45, 2.75) is 26.3 Å². The summed E-state index contributed by atoms with van der Waals surface area (Å²) in [5.74, 6) is 1.02. The first-order valence-corrected chi connectivity index (χ1v) is 7.14. The van der Waals surface area contributed by atoms with Crippen molar-refractivity contribution in [3.63, 3.8) is 0 Å². The molecular weight excluding hydrogens is 238 g/mol. The van der Waals surface area contributed by atoms with Crippen molar-refractivity contribution in [2.24, 2.45) is 5.41 Å². The molecule has 0 bridgehead atoms. The largest absolute Gasteiger partial charge is 0.496 e. The molecule has 1 aromatic rings. The summed E-state index contributed by atoms with van der Waals surface area (Å²) in [5, 5.41) is 0. The zero-order valence-corrected chi connectivity index (χ0v) is 11.9. The average molecular weight is 261 g/mol.